The van der Waals surface area contributed by atoms with Crippen molar-refractivity contribution >= 4 is 5.69 Å². The van der Waals surface area contributed by atoms with Gasteiger partial charge in [-0.05, 0) is 24.6 Å². The van der Waals surface area contributed by atoms with Crippen molar-refractivity contribution in [2.24, 2.45) is 0 Å². The number of benzene rings is 1. The summed E-state index contributed by atoms with van der Waals surface area (Å²) < 4.78 is 5.35. The molecule has 1 aromatic carbocycles. The number of rotatable bonds is 6. The van der Waals surface area contributed by atoms with Crippen molar-refractivity contribution in [1.82, 2.24) is 5.32 Å². The van der Waals surface area contributed by atoms with E-state index in [1.807, 2.05) is 0 Å². The lowest BCUT2D eigenvalue weighted by atomic mass is 10.0. The maximum atomic E-state index is 9.24. The summed E-state index contributed by atoms with van der Waals surface area (Å²) in [5.41, 5.74) is 1.71. The van der Waals surface area contributed by atoms with Crippen LogP contribution >= 0.6 is 0 Å². The van der Waals surface area contributed by atoms with Crippen molar-refractivity contribution in [2.45, 2.75) is 19.0 Å². The Labute approximate surface area is 120 Å². The minimum absolute atomic E-state index is 0.0879. The number of anilines is 1. The first-order chi connectivity index (χ1) is 9.67. The molecule has 0 amide bonds. The van der Waals surface area contributed by atoms with E-state index >= 15 is 0 Å². The van der Waals surface area contributed by atoms with Crippen LogP contribution in [0.4, 0.5) is 5.69 Å². The zero-order valence-corrected chi connectivity index (χ0v) is 12.0. The van der Waals surface area contributed by atoms with Gasteiger partial charge in [0.25, 0.3) is 0 Å². The number of nitrogens with one attached hydrogen (secondary N) is 1. The molecular weight excluding hydrogens is 256 g/mol. The van der Waals surface area contributed by atoms with E-state index in [4.69, 9.17) is 4.74 Å². The average molecular weight is 280 g/mol. The van der Waals surface area contributed by atoms with Gasteiger partial charge in [0.05, 0.1) is 32.0 Å². The molecule has 0 radical (unpaired) electrons. The highest BCUT2D eigenvalue weighted by Crippen LogP contribution is 2.17. The topological polar surface area (TPSA) is 65.0 Å². The molecular formula is C15H24N2O3. The smallest absolute Gasteiger partial charge is 0.0642 e. The summed E-state index contributed by atoms with van der Waals surface area (Å²) in [6.07, 6.45) is 0. The second kappa shape index (κ2) is 7.04. The van der Waals surface area contributed by atoms with Crippen LogP contribution in [0.2, 0.25) is 0 Å². The van der Waals surface area contributed by atoms with E-state index in [0.717, 1.165) is 31.9 Å². The molecule has 1 aliphatic rings. The van der Waals surface area contributed by atoms with Gasteiger partial charge in [-0.3, -0.25) is 0 Å². The number of ether oxygens (including phenoxy) is 1. The SMILES string of the molecule is CC(CO)(CO)NCc1ccc(N2CCOCC2)cc1. The van der Waals surface area contributed by atoms with Crippen molar-refractivity contribution in [3.05, 3.63) is 29.8 Å². The van der Waals surface area contributed by atoms with Crippen molar-refractivity contribution in [2.75, 3.05) is 44.4 Å². The molecule has 1 fully saturated rings. The Morgan fingerprint density at radius 3 is 2.30 bits per heavy atom. The predicted molar refractivity (Wildman–Crippen MR) is 78.9 cm³/mol. The molecule has 3 N–H and O–H groups in total. The molecule has 5 heteroatoms. The number of aliphatic hydroxyl groups excluding tert-OH is 2. The Kier molecular flexibility index (Phi) is 5.37. The summed E-state index contributed by atoms with van der Waals surface area (Å²) in [5, 5.41) is 21.7. The van der Waals surface area contributed by atoms with Crippen LogP contribution in [0.5, 0.6) is 0 Å². The highest BCUT2D eigenvalue weighted by Gasteiger charge is 2.21. The molecule has 0 aromatic heterocycles. The van der Waals surface area contributed by atoms with Gasteiger partial charge in [0.1, 0.15) is 0 Å². The summed E-state index contributed by atoms with van der Waals surface area (Å²) in [7, 11) is 0. The summed E-state index contributed by atoms with van der Waals surface area (Å²) in [5.74, 6) is 0. The highest BCUT2D eigenvalue weighted by atomic mass is 16.5. The van der Waals surface area contributed by atoms with Crippen LogP contribution in [-0.2, 0) is 11.3 Å². The van der Waals surface area contributed by atoms with Gasteiger partial charge in [-0.1, -0.05) is 12.1 Å². The molecule has 20 heavy (non-hydrogen) atoms. The molecule has 0 spiro atoms. The van der Waals surface area contributed by atoms with E-state index in [-0.39, 0.29) is 13.2 Å². The van der Waals surface area contributed by atoms with E-state index in [0.29, 0.717) is 6.54 Å². The maximum Gasteiger partial charge on any atom is 0.0642 e. The van der Waals surface area contributed by atoms with Crippen LogP contribution in [0.3, 0.4) is 0 Å². The summed E-state index contributed by atoms with van der Waals surface area (Å²) in [4.78, 5) is 2.31. The molecule has 5 nitrogen and oxygen atoms in total. The Bertz CT molecular complexity index is 398. The fourth-order valence-corrected chi connectivity index (χ4v) is 2.12. The fraction of sp³-hybridized carbons (Fsp3) is 0.600. The summed E-state index contributed by atoms with van der Waals surface area (Å²) >= 11 is 0. The largest absolute Gasteiger partial charge is 0.394 e. The number of nitrogens with zero attached hydrogens (tertiary/aromatic N) is 1. The minimum atomic E-state index is -0.636. The first-order valence-corrected chi connectivity index (χ1v) is 7.05. The van der Waals surface area contributed by atoms with Crippen molar-refractivity contribution < 1.29 is 14.9 Å². The molecule has 0 atom stereocenters. The van der Waals surface area contributed by atoms with Crippen molar-refractivity contribution in [3.63, 3.8) is 0 Å². The lowest BCUT2D eigenvalue weighted by molar-refractivity contribution is 0.103. The Hall–Kier alpha value is -1.14. The molecule has 0 saturated carbocycles. The third-order valence-electron chi connectivity index (χ3n) is 3.73. The van der Waals surface area contributed by atoms with E-state index < -0.39 is 5.54 Å². The van der Waals surface area contributed by atoms with Gasteiger partial charge in [-0.2, -0.15) is 0 Å². The summed E-state index contributed by atoms with van der Waals surface area (Å²) in [6.45, 7) is 5.69. The Morgan fingerprint density at radius 1 is 1.15 bits per heavy atom. The standard InChI is InChI=1S/C15H24N2O3/c1-15(11-18,12-19)16-10-13-2-4-14(5-3-13)17-6-8-20-9-7-17/h2-5,16,18-19H,6-12H2,1H3. The van der Waals surface area contributed by atoms with Gasteiger partial charge in [-0.25, -0.2) is 0 Å². The van der Waals surface area contributed by atoms with Crippen LogP contribution in [0, 0.1) is 0 Å². The third-order valence-corrected chi connectivity index (χ3v) is 3.73. The molecule has 0 bridgehead atoms. The van der Waals surface area contributed by atoms with Gasteiger partial charge in [0.2, 0.25) is 0 Å². The molecule has 0 aliphatic carbocycles. The fourth-order valence-electron chi connectivity index (χ4n) is 2.12. The molecule has 1 saturated heterocycles. The molecule has 1 heterocycles. The van der Waals surface area contributed by atoms with Gasteiger partial charge in [-0.15, -0.1) is 0 Å². The molecule has 112 valence electrons. The van der Waals surface area contributed by atoms with Gasteiger partial charge in [0.15, 0.2) is 0 Å². The number of morpholine rings is 1. The summed E-state index contributed by atoms with van der Waals surface area (Å²) in [6, 6.07) is 8.37. The quantitative estimate of drug-likeness (QED) is 0.702. The monoisotopic (exact) mass is 280 g/mol. The van der Waals surface area contributed by atoms with Crippen LogP contribution in [0.25, 0.3) is 0 Å². The first-order valence-electron chi connectivity index (χ1n) is 7.05. The normalized spacial score (nSPS) is 16.4. The number of hydrogen-bond acceptors (Lipinski definition) is 5. The molecule has 1 aliphatic heterocycles. The lowest BCUT2D eigenvalue weighted by Crippen LogP contribution is -2.48. The third kappa shape index (κ3) is 3.93. The zero-order valence-electron chi connectivity index (χ0n) is 12.0. The minimum Gasteiger partial charge on any atom is -0.394 e. The average Bonchev–Trinajstić information content (AvgIpc) is 2.54. The second-order valence-corrected chi connectivity index (χ2v) is 5.50. The van der Waals surface area contributed by atoms with Crippen LogP contribution < -0.4 is 10.2 Å². The molecule has 2 rings (SSSR count). The van der Waals surface area contributed by atoms with Crippen LogP contribution in [-0.4, -0.2) is 55.3 Å². The highest BCUT2D eigenvalue weighted by molar-refractivity contribution is 5.47. The van der Waals surface area contributed by atoms with E-state index in [1.54, 1.807) is 6.92 Å². The van der Waals surface area contributed by atoms with Gasteiger partial charge < -0.3 is 25.2 Å². The van der Waals surface area contributed by atoms with Crippen molar-refractivity contribution in [3.8, 4) is 0 Å². The number of hydrogen-bond donors (Lipinski definition) is 3. The molecule has 0 unspecified atom stereocenters. The van der Waals surface area contributed by atoms with Gasteiger partial charge in [0, 0.05) is 25.3 Å². The first kappa shape index (κ1) is 15.3. The Morgan fingerprint density at radius 2 is 1.75 bits per heavy atom. The lowest BCUT2D eigenvalue weighted by Gasteiger charge is -2.29. The zero-order chi connectivity index (χ0) is 14.4. The van der Waals surface area contributed by atoms with Crippen molar-refractivity contribution in [1.29, 1.82) is 0 Å². The Balaban J connectivity index is 1.91. The van der Waals surface area contributed by atoms with E-state index in [9.17, 15) is 10.2 Å². The second-order valence-electron chi connectivity index (χ2n) is 5.50. The predicted octanol–water partition coefficient (Wildman–Crippen LogP) is 0.356. The molecule has 1 aromatic rings. The van der Waals surface area contributed by atoms with Crippen LogP contribution in [0.1, 0.15) is 12.5 Å². The van der Waals surface area contributed by atoms with Crippen LogP contribution in [0.15, 0.2) is 24.3 Å². The number of aliphatic hydroxyl groups is 2. The maximum absolute atomic E-state index is 9.24. The van der Waals surface area contributed by atoms with E-state index in [2.05, 4.69) is 34.5 Å². The van der Waals surface area contributed by atoms with E-state index in [1.165, 1.54) is 5.69 Å². The van der Waals surface area contributed by atoms with Gasteiger partial charge >= 0.3 is 0 Å².